The Labute approximate surface area is 121 Å². The standard InChI is InChI=1S/C14H17FN2O2S/c1-10-14(19)16-7-8-17(10)13(18)6-9-20-12-4-2-11(15)3-5-12/h2-5,10H,6-9H2,1H3,(H,16,19). The lowest BCUT2D eigenvalue weighted by Gasteiger charge is -2.32. The zero-order chi connectivity index (χ0) is 14.5. The summed E-state index contributed by atoms with van der Waals surface area (Å²) in [6.45, 7) is 2.81. The van der Waals surface area contributed by atoms with Crippen LogP contribution in [-0.4, -0.2) is 41.6 Å². The van der Waals surface area contributed by atoms with E-state index in [1.807, 2.05) is 0 Å². The second-order valence-corrected chi connectivity index (χ2v) is 5.77. The van der Waals surface area contributed by atoms with Gasteiger partial charge < -0.3 is 10.2 Å². The quantitative estimate of drug-likeness (QED) is 0.860. The number of rotatable bonds is 4. The van der Waals surface area contributed by atoms with Crippen LogP contribution >= 0.6 is 11.8 Å². The second kappa shape index (κ2) is 6.74. The Kier molecular flexibility index (Phi) is 5.00. The van der Waals surface area contributed by atoms with E-state index in [1.54, 1.807) is 24.0 Å². The molecule has 4 nitrogen and oxygen atoms in total. The van der Waals surface area contributed by atoms with E-state index in [-0.39, 0.29) is 17.6 Å². The molecule has 0 saturated carbocycles. The molecule has 1 fully saturated rings. The van der Waals surface area contributed by atoms with Gasteiger partial charge in [-0.25, -0.2) is 4.39 Å². The van der Waals surface area contributed by atoms with Crippen molar-refractivity contribution >= 4 is 23.6 Å². The molecule has 1 aromatic carbocycles. The lowest BCUT2D eigenvalue weighted by atomic mass is 10.2. The maximum atomic E-state index is 12.8. The number of hydrogen-bond donors (Lipinski definition) is 1. The molecule has 0 spiro atoms. The summed E-state index contributed by atoms with van der Waals surface area (Å²) in [6, 6.07) is 5.80. The van der Waals surface area contributed by atoms with Crippen LogP contribution in [0.2, 0.25) is 0 Å². The number of piperazine rings is 1. The molecule has 0 aliphatic carbocycles. The van der Waals surface area contributed by atoms with E-state index < -0.39 is 6.04 Å². The van der Waals surface area contributed by atoms with Crippen molar-refractivity contribution in [2.24, 2.45) is 0 Å². The number of nitrogens with one attached hydrogen (secondary N) is 1. The molecule has 1 aliphatic rings. The number of benzene rings is 1. The normalized spacial score (nSPS) is 18.8. The third kappa shape index (κ3) is 3.72. The molecule has 1 heterocycles. The molecule has 20 heavy (non-hydrogen) atoms. The van der Waals surface area contributed by atoms with Crippen molar-refractivity contribution in [1.82, 2.24) is 10.2 Å². The second-order valence-electron chi connectivity index (χ2n) is 4.61. The molecule has 1 N–H and O–H groups in total. The first-order valence-electron chi connectivity index (χ1n) is 6.53. The largest absolute Gasteiger partial charge is 0.353 e. The van der Waals surface area contributed by atoms with Gasteiger partial charge in [0.25, 0.3) is 0 Å². The predicted molar refractivity (Wildman–Crippen MR) is 75.9 cm³/mol. The molecule has 6 heteroatoms. The summed E-state index contributed by atoms with van der Waals surface area (Å²) in [6.07, 6.45) is 0.375. The van der Waals surface area contributed by atoms with Gasteiger partial charge in [-0.3, -0.25) is 9.59 Å². The van der Waals surface area contributed by atoms with Crippen LogP contribution in [0.1, 0.15) is 13.3 Å². The fraction of sp³-hybridized carbons (Fsp3) is 0.429. The maximum absolute atomic E-state index is 12.8. The molecule has 1 saturated heterocycles. The summed E-state index contributed by atoms with van der Waals surface area (Å²) >= 11 is 1.51. The van der Waals surface area contributed by atoms with Gasteiger partial charge in [0, 0.05) is 30.2 Å². The Morgan fingerprint density at radius 3 is 2.85 bits per heavy atom. The Morgan fingerprint density at radius 2 is 2.15 bits per heavy atom. The molecule has 0 bridgehead atoms. The molecule has 1 aliphatic heterocycles. The summed E-state index contributed by atoms with van der Waals surface area (Å²) in [5, 5.41) is 2.73. The van der Waals surface area contributed by atoms with Crippen LogP contribution in [0.3, 0.4) is 0 Å². The third-order valence-corrected chi connectivity index (χ3v) is 4.23. The molecule has 1 unspecified atom stereocenters. The first-order valence-corrected chi connectivity index (χ1v) is 7.52. The van der Waals surface area contributed by atoms with E-state index >= 15 is 0 Å². The van der Waals surface area contributed by atoms with Crippen molar-refractivity contribution in [1.29, 1.82) is 0 Å². The van der Waals surface area contributed by atoms with Crippen LogP contribution in [0.15, 0.2) is 29.2 Å². The van der Waals surface area contributed by atoms with Gasteiger partial charge in [0.1, 0.15) is 11.9 Å². The number of halogens is 1. The van der Waals surface area contributed by atoms with Crippen LogP contribution < -0.4 is 5.32 Å². The molecule has 2 rings (SSSR count). The van der Waals surface area contributed by atoms with E-state index in [2.05, 4.69) is 5.32 Å². The van der Waals surface area contributed by atoms with Gasteiger partial charge in [-0.15, -0.1) is 11.8 Å². The van der Waals surface area contributed by atoms with Crippen molar-refractivity contribution in [3.63, 3.8) is 0 Å². The lowest BCUT2D eigenvalue weighted by molar-refractivity contribution is -0.142. The monoisotopic (exact) mass is 296 g/mol. The maximum Gasteiger partial charge on any atom is 0.242 e. The van der Waals surface area contributed by atoms with Gasteiger partial charge in [-0.05, 0) is 31.2 Å². The number of carbonyl (C=O) groups is 2. The van der Waals surface area contributed by atoms with Gasteiger partial charge >= 0.3 is 0 Å². The predicted octanol–water partition coefficient (Wildman–Crippen LogP) is 1.65. The van der Waals surface area contributed by atoms with E-state index in [9.17, 15) is 14.0 Å². The van der Waals surface area contributed by atoms with Crippen molar-refractivity contribution in [2.75, 3.05) is 18.8 Å². The zero-order valence-electron chi connectivity index (χ0n) is 11.3. The molecule has 108 valence electrons. The minimum atomic E-state index is -0.396. The fourth-order valence-electron chi connectivity index (χ4n) is 2.05. The zero-order valence-corrected chi connectivity index (χ0v) is 12.1. The van der Waals surface area contributed by atoms with Gasteiger partial charge in [-0.1, -0.05) is 0 Å². The molecule has 0 radical (unpaired) electrons. The summed E-state index contributed by atoms with van der Waals surface area (Å²) < 4.78 is 12.8. The number of carbonyl (C=O) groups excluding carboxylic acids is 2. The molecular formula is C14H17FN2O2S. The molecule has 1 aromatic rings. The van der Waals surface area contributed by atoms with E-state index in [1.165, 1.54) is 23.9 Å². The highest BCUT2D eigenvalue weighted by Gasteiger charge is 2.28. The van der Waals surface area contributed by atoms with Crippen molar-refractivity contribution in [3.8, 4) is 0 Å². The van der Waals surface area contributed by atoms with Gasteiger partial charge in [0.05, 0.1) is 0 Å². The van der Waals surface area contributed by atoms with Gasteiger partial charge in [0.15, 0.2) is 0 Å². The Balaban J connectivity index is 1.80. The van der Waals surface area contributed by atoms with Gasteiger partial charge in [-0.2, -0.15) is 0 Å². The molecular weight excluding hydrogens is 279 g/mol. The number of amides is 2. The minimum absolute atomic E-state index is 0.0121. The Morgan fingerprint density at radius 1 is 1.45 bits per heavy atom. The van der Waals surface area contributed by atoms with E-state index in [4.69, 9.17) is 0 Å². The highest BCUT2D eigenvalue weighted by molar-refractivity contribution is 7.99. The van der Waals surface area contributed by atoms with Crippen molar-refractivity contribution in [2.45, 2.75) is 24.3 Å². The first kappa shape index (κ1) is 14.8. The highest BCUT2D eigenvalue weighted by Crippen LogP contribution is 2.19. The average molecular weight is 296 g/mol. The van der Waals surface area contributed by atoms with Crippen LogP contribution in [0.5, 0.6) is 0 Å². The topological polar surface area (TPSA) is 49.4 Å². The van der Waals surface area contributed by atoms with Gasteiger partial charge in [0.2, 0.25) is 11.8 Å². The fourth-order valence-corrected chi connectivity index (χ4v) is 2.89. The summed E-state index contributed by atoms with van der Waals surface area (Å²) in [5.41, 5.74) is 0. The van der Waals surface area contributed by atoms with Crippen molar-refractivity contribution < 1.29 is 14.0 Å². The smallest absolute Gasteiger partial charge is 0.242 e. The summed E-state index contributed by atoms with van der Waals surface area (Å²) in [5.74, 6) is 0.242. The first-order chi connectivity index (χ1) is 9.58. The summed E-state index contributed by atoms with van der Waals surface area (Å²) in [7, 11) is 0. The number of thioether (sulfide) groups is 1. The highest BCUT2D eigenvalue weighted by atomic mass is 32.2. The number of hydrogen-bond acceptors (Lipinski definition) is 3. The minimum Gasteiger partial charge on any atom is -0.353 e. The Hall–Kier alpha value is -1.56. The Bertz CT molecular complexity index is 492. The molecule has 1 atom stereocenters. The van der Waals surface area contributed by atoms with Crippen LogP contribution in [0.25, 0.3) is 0 Å². The lowest BCUT2D eigenvalue weighted by Crippen LogP contribution is -2.55. The summed E-state index contributed by atoms with van der Waals surface area (Å²) in [4.78, 5) is 26.1. The third-order valence-electron chi connectivity index (χ3n) is 3.22. The average Bonchev–Trinajstić information content (AvgIpc) is 2.44. The SMILES string of the molecule is CC1C(=O)NCCN1C(=O)CCSc1ccc(F)cc1. The van der Waals surface area contributed by atoms with Crippen molar-refractivity contribution in [3.05, 3.63) is 30.1 Å². The van der Waals surface area contributed by atoms with Crippen LogP contribution in [0, 0.1) is 5.82 Å². The van der Waals surface area contributed by atoms with Crippen LogP contribution in [0.4, 0.5) is 4.39 Å². The molecule has 0 aromatic heterocycles. The van der Waals surface area contributed by atoms with E-state index in [0.717, 1.165) is 4.90 Å². The van der Waals surface area contributed by atoms with Crippen LogP contribution in [-0.2, 0) is 9.59 Å². The molecule has 2 amide bonds. The van der Waals surface area contributed by atoms with E-state index in [0.29, 0.717) is 25.3 Å². The number of nitrogens with zero attached hydrogens (tertiary/aromatic N) is 1.